The van der Waals surface area contributed by atoms with Crippen LogP contribution in [0, 0.1) is 0 Å². The van der Waals surface area contributed by atoms with E-state index < -0.39 is 6.10 Å². The molecule has 23 heavy (non-hydrogen) atoms. The van der Waals surface area contributed by atoms with Gasteiger partial charge in [-0.25, -0.2) is 4.98 Å². The molecule has 0 bridgehead atoms. The molecule has 1 aromatic heterocycles. The van der Waals surface area contributed by atoms with Gasteiger partial charge in [-0.1, -0.05) is 39.0 Å². The quantitative estimate of drug-likeness (QED) is 0.822. The molecule has 1 amide bonds. The van der Waals surface area contributed by atoms with Crippen molar-refractivity contribution in [1.29, 1.82) is 0 Å². The van der Waals surface area contributed by atoms with Gasteiger partial charge in [-0.2, -0.15) is 0 Å². The fourth-order valence-corrected chi connectivity index (χ4v) is 3.02. The molecular formula is C18H22N2O2S. The van der Waals surface area contributed by atoms with E-state index >= 15 is 0 Å². The zero-order valence-electron chi connectivity index (χ0n) is 13.8. The van der Waals surface area contributed by atoms with Gasteiger partial charge >= 0.3 is 0 Å². The Morgan fingerprint density at radius 1 is 1.26 bits per heavy atom. The third-order valence-electron chi connectivity index (χ3n) is 3.07. The highest BCUT2D eigenvalue weighted by molar-refractivity contribution is 8.00. The minimum atomic E-state index is -0.643. The summed E-state index contributed by atoms with van der Waals surface area (Å²) in [5, 5.41) is 13.5. The summed E-state index contributed by atoms with van der Waals surface area (Å²) in [6.45, 7) is 7.98. The van der Waals surface area contributed by atoms with Gasteiger partial charge in [0.05, 0.1) is 11.1 Å². The molecule has 4 nitrogen and oxygen atoms in total. The zero-order valence-corrected chi connectivity index (χ0v) is 14.6. The molecule has 2 rings (SSSR count). The van der Waals surface area contributed by atoms with Crippen molar-refractivity contribution in [3.8, 4) is 0 Å². The lowest BCUT2D eigenvalue weighted by Gasteiger charge is -2.17. The number of amides is 1. The summed E-state index contributed by atoms with van der Waals surface area (Å²) in [4.78, 5) is 16.8. The highest BCUT2D eigenvalue weighted by atomic mass is 32.2. The van der Waals surface area contributed by atoms with Gasteiger partial charge in [0.1, 0.15) is 0 Å². The monoisotopic (exact) mass is 330 g/mol. The van der Waals surface area contributed by atoms with Crippen LogP contribution in [0.15, 0.2) is 47.6 Å². The average Bonchev–Trinajstić information content (AvgIpc) is 2.46. The fraction of sp³-hybridized carbons (Fsp3) is 0.333. The molecule has 0 aliphatic rings. The lowest BCUT2D eigenvalue weighted by atomic mass is 10.1. The number of para-hydroxylation sites is 1. The second kappa shape index (κ2) is 7.15. The number of carbonyl (C=O) groups is 1. The van der Waals surface area contributed by atoms with Crippen LogP contribution in [0.4, 0.5) is 5.69 Å². The Bertz CT molecular complexity index is 693. The summed E-state index contributed by atoms with van der Waals surface area (Å²) >= 11 is 1.62. The predicted molar refractivity (Wildman–Crippen MR) is 94.9 cm³/mol. The SMILES string of the molecule is CC(O)c1ccccc1NC(=O)c1ccnc(SC(C)(C)C)c1. The Morgan fingerprint density at radius 2 is 1.96 bits per heavy atom. The van der Waals surface area contributed by atoms with E-state index in [0.29, 0.717) is 16.8 Å². The van der Waals surface area contributed by atoms with Gasteiger partial charge in [-0.05, 0) is 25.1 Å². The van der Waals surface area contributed by atoms with Crippen LogP contribution >= 0.6 is 11.8 Å². The van der Waals surface area contributed by atoms with Crippen LogP contribution < -0.4 is 5.32 Å². The van der Waals surface area contributed by atoms with E-state index in [2.05, 4.69) is 31.1 Å². The maximum Gasteiger partial charge on any atom is 0.255 e. The molecule has 0 aliphatic heterocycles. The van der Waals surface area contributed by atoms with Gasteiger partial charge in [0.15, 0.2) is 0 Å². The van der Waals surface area contributed by atoms with Gasteiger partial charge in [0.25, 0.3) is 5.91 Å². The summed E-state index contributed by atoms with van der Waals surface area (Å²) in [7, 11) is 0. The van der Waals surface area contributed by atoms with Crippen LogP contribution in [0.25, 0.3) is 0 Å². The van der Waals surface area contributed by atoms with Crippen molar-refractivity contribution in [2.45, 2.75) is 43.6 Å². The van der Waals surface area contributed by atoms with E-state index in [-0.39, 0.29) is 10.7 Å². The molecule has 1 unspecified atom stereocenters. The van der Waals surface area contributed by atoms with Crippen molar-refractivity contribution in [2.75, 3.05) is 5.32 Å². The number of hydrogen-bond acceptors (Lipinski definition) is 4. The summed E-state index contributed by atoms with van der Waals surface area (Å²) in [6.07, 6.45) is 1.000. The van der Waals surface area contributed by atoms with Gasteiger partial charge in [-0.15, -0.1) is 11.8 Å². The number of anilines is 1. The van der Waals surface area contributed by atoms with Crippen LogP contribution in [0.5, 0.6) is 0 Å². The molecule has 0 saturated heterocycles. The number of aromatic nitrogens is 1. The fourth-order valence-electron chi connectivity index (χ4n) is 2.09. The van der Waals surface area contributed by atoms with Crippen LogP contribution in [-0.2, 0) is 0 Å². The van der Waals surface area contributed by atoms with Crippen molar-refractivity contribution in [1.82, 2.24) is 4.98 Å². The molecule has 0 radical (unpaired) electrons. The Kier molecular flexibility index (Phi) is 5.44. The third-order valence-corrected chi connectivity index (χ3v) is 4.11. The summed E-state index contributed by atoms with van der Waals surface area (Å²) in [5.74, 6) is -0.212. The van der Waals surface area contributed by atoms with E-state index in [1.807, 2.05) is 12.1 Å². The summed E-state index contributed by atoms with van der Waals surface area (Å²) in [6, 6.07) is 10.7. The van der Waals surface area contributed by atoms with Crippen molar-refractivity contribution in [3.63, 3.8) is 0 Å². The maximum atomic E-state index is 12.5. The molecular weight excluding hydrogens is 308 g/mol. The van der Waals surface area contributed by atoms with Crippen LogP contribution in [0.1, 0.15) is 49.7 Å². The normalized spacial score (nSPS) is 12.7. The minimum absolute atomic E-state index is 0.0288. The molecule has 1 heterocycles. The maximum absolute atomic E-state index is 12.5. The first kappa shape index (κ1) is 17.5. The third kappa shape index (κ3) is 5.08. The first-order chi connectivity index (χ1) is 10.8. The average molecular weight is 330 g/mol. The van der Waals surface area contributed by atoms with Crippen molar-refractivity contribution >= 4 is 23.4 Å². The van der Waals surface area contributed by atoms with E-state index in [1.165, 1.54) is 0 Å². The molecule has 2 aromatic rings. The van der Waals surface area contributed by atoms with Crippen LogP contribution in [0.2, 0.25) is 0 Å². The standard InChI is InChI=1S/C18H22N2O2S/c1-12(21)14-7-5-6-8-15(14)20-17(22)13-9-10-19-16(11-13)23-18(2,3)4/h5-12,21H,1-4H3,(H,20,22). The number of thioether (sulfide) groups is 1. The highest BCUT2D eigenvalue weighted by Gasteiger charge is 2.16. The van der Waals surface area contributed by atoms with Gasteiger partial charge in [0, 0.05) is 27.8 Å². The molecule has 0 saturated carbocycles. The smallest absolute Gasteiger partial charge is 0.255 e. The Balaban J connectivity index is 2.20. The molecule has 0 spiro atoms. The number of carbonyl (C=O) groups excluding carboxylic acids is 1. The Morgan fingerprint density at radius 3 is 2.61 bits per heavy atom. The van der Waals surface area contributed by atoms with E-state index in [4.69, 9.17) is 0 Å². The number of nitrogens with one attached hydrogen (secondary N) is 1. The topological polar surface area (TPSA) is 62.2 Å². The molecule has 1 aromatic carbocycles. The van der Waals surface area contributed by atoms with Gasteiger partial charge < -0.3 is 10.4 Å². The Hall–Kier alpha value is -1.85. The number of hydrogen-bond donors (Lipinski definition) is 2. The minimum Gasteiger partial charge on any atom is -0.389 e. The number of pyridine rings is 1. The molecule has 0 fully saturated rings. The van der Waals surface area contributed by atoms with Gasteiger partial charge in [0.2, 0.25) is 0 Å². The predicted octanol–water partition coefficient (Wildman–Crippen LogP) is 4.28. The number of aliphatic hydroxyl groups is 1. The van der Waals surface area contributed by atoms with Crippen molar-refractivity contribution in [2.24, 2.45) is 0 Å². The first-order valence-electron chi connectivity index (χ1n) is 7.50. The number of nitrogens with zero attached hydrogens (tertiary/aromatic N) is 1. The van der Waals surface area contributed by atoms with E-state index in [1.54, 1.807) is 49.1 Å². The molecule has 0 aliphatic carbocycles. The number of benzene rings is 1. The second-order valence-corrected chi connectivity index (χ2v) is 8.16. The second-order valence-electron chi connectivity index (χ2n) is 6.31. The zero-order chi connectivity index (χ0) is 17.0. The number of aliphatic hydroxyl groups excluding tert-OH is 1. The van der Waals surface area contributed by atoms with Crippen molar-refractivity contribution < 1.29 is 9.90 Å². The van der Waals surface area contributed by atoms with Crippen molar-refractivity contribution in [3.05, 3.63) is 53.7 Å². The van der Waals surface area contributed by atoms with E-state index in [0.717, 1.165) is 5.03 Å². The van der Waals surface area contributed by atoms with E-state index in [9.17, 15) is 9.90 Å². The van der Waals surface area contributed by atoms with Crippen LogP contribution in [0.3, 0.4) is 0 Å². The summed E-state index contributed by atoms with van der Waals surface area (Å²) < 4.78 is 0.0288. The van der Waals surface area contributed by atoms with Crippen LogP contribution in [-0.4, -0.2) is 20.7 Å². The number of rotatable bonds is 4. The molecule has 5 heteroatoms. The largest absolute Gasteiger partial charge is 0.389 e. The molecule has 1 atom stereocenters. The molecule has 2 N–H and O–H groups in total. The molecule has 122 valence electrons. The Labute approximate surface area is 141 Å². The van der Waals surface area contributed by atoms with Gasteiger partial charge in [-0.3, -0.25) is 4.79 Å². The first-order valence-corrected chi connectivity index (χ1v) is 8.31. The summed E-state index contributed by atoms with van der Waals surface area (Å²) in [5.41, 5.74) is 1.86. The lowest BCUT2D eigenvalue weighted by molar-refractivity contribution is 0.102. The lowest BCUT2D eigenvalue weighted by Crippen LogP contribution is -2.14. The highest BCUT2D eigenvalue weighted by Crippen LogP contribution is 2.30.